The number of hydrogen-bond donors (Lipinski definition) is 0. The minimum absolute atomic E-state index is 0.119. The smallest absolute Gasteiger partial charge is 0.160 e. The lowest BCUT2D eigenvalue weighted by Gasteiger charge is -2.08. The van der Waals surface area contributed by atoms with Crippen LogP contribution in [0.4, 0.5) is 0 Å². The summed E-state index contributed by atoms with van der Waals surface area (Å²) in [6.07, 6.45) is 0. The van der Waals surface area contributed by atoms with Crippen molar-refractivity contribution in [1.82, 2.24) is 0 Å². The summed E-state index contributed by atoms with van der Waals surface area (Å²) in [5, 5.41) is 0. The number of carbonyl (C=O) groups excluding carboxylic acids is 1. The second kappa shape index (κ2) is 5.40. The van der Waals surface area contributed by atoms with Crippen LogP contribution in [0.2, 0.25) is 0 Å². The van der Waals surface area contributed by atoms with Gasteiger partial charge in [0.15, 0.2) is 5.78 Å². The first-order chi connectivity index (χ1) is 8.56. The van der Waals surface area contributed by atoms with Crippen molar-refractivity contribution in [2.45, 2.75) is 30.6 Å². The van der Waals surface area contributed by atoms with Crippen LogP contribution >= 0.6 is 11.8 Å². The van der Waals surface area contributed by atoms with E-state index in [0.29, 0.717) is 0 Å². The van der Waals surface area contributed by atoms with Crippen molar-refractivity contribution in [1.29, 1.82) is 0 Å². The van der Waals surface area contributed by atoms with Crippen molar-refractivity contribution in [3.05, 3.63) is 59.2 Å². The monoisotopic (exact) mass is 256 g/mol. The van der Waals surface area contributed by atoms with Gasteiger partial charge in [-0.3, -0.25) is 4.79 Å². The van der Waals surface area contributed by atoms with E-state index in [1.807, 2.05) is 25.1 Å². The summed E-state index contributed by atoms with van der Waals surface area (Å²) in [6, 6.07) is 14.4. The summed E-state index contributed by atoms with van der Waals surface area (Å²) < 4.78 is 0. The van der Waals surface area contributed by atoms with E-state index in [9.17, 15) is 4.79 Å². The largest absolute Gasteiger partial charge is 0.294 e. The van der Waals surface area contributed by atoms with Crippen LogP contribution in [0.5, 0.6) is 0 Å². The third kappa shape index (κ3) is 3.02. The molecule has 1 nitrogen and oxygen atoms in total. The van der Waals surface area contributed by atoms with Crippen LogP contribution in [0.3, 0.4) is 0 Å². The minimum atomic E-state index is 0.119. The molecule has 0 aliphatic rings. The molecule has 0 N–H and O–H groups in total. The van der Waals surface area contributed by atoms with Gasteiger partial charge < -0.3 is 0 Å². The van der Waals surface area contributed by atoms with E-state index in [-0.39, 0.29) is 5.78 Å². The van der Waals surface area contributed by atoms with Crippen LogP contribution in [0.25, 0.3) is 0 Å². The lowest BCUT2D eigenvalue weighted by molar-refractivity contribution is 0.101. The number of hydrogen-bond acceptors (Lipinski definition) is 2. The molecule has 0 aliphatic heterocycles. The van der Waals surface area contributed by atoms with E-state index >= 15 is 0 Å². The molecule has 0 aromatic heterocycles. The minimum Gasteiger partial charge on any atom is -0.294 e. The Bertz CT molecular complexity index is 570. The summed E-state index contributed by atoms with van der Waals surface area (Å²) in [7, 11) is 0. The van der Waals surface area contributed by atoms with Gasteiger partial charge >= 0.3 is 0 Å². The molecule has 2 heteroatoms. The Morgan fingerprint density at radius 1 is 0.944 bits per heavy atom. The van der Waals surface area contributed by atoms with Gasteiger partial charge in [-0.2, -0.15) is 0 Å². The predicted molar refractivity (Wildman–Crippen MR) is 76.5 cm³/mol. The summed E-state index contributed by atoms with van der Waals surface area (Å²) in [5.74, 6) is 0.119. The van der Waals surface area contributed by atoms with Crippen molar-refractivity contribution >= 4 is 17.5 Å². The van der Waals surface area contributed by atoms with E-state index in [1.165, 1.54) is 5.56 Å². The number of rotatable bonds is 3. The Balaban J connectivity index is 2.34. The molecular formula is C16H16OS. The second-order valence-corrected chi connectivity index (χ2v) is 5.59. The van der Waals surface area contributed by atoms with Crippen molar-refractivity contribution in [2.24, 2.45) is 0 Å². The maximum absolute atomic E-state index is 11.6. The Hall–Kier alpha value is -1.54. The molecule has 2 aromatic carbocycles. The Morgan fingerprint density at radius 3 is 2.17 bits per heavy atom. The number of carbonyl (C=O) groups is 1. The molecule has 92 valence electrons. The van der Waals surface area contributed by atoms with E-state index in [4.69, 9.17) is 0 Å². The first-order valence-electron chi connectivity index (χ1n) is 5.92. The molecule has 2 rings (SSSR count). The SMILES string of the molecule is CC(=O)c1cc(C)ccc1Sc1ccc(C)cc1. The fourth-order valence-electron chi connectivity index (χ4n) is 1.74. The summed E-state index contributed by atoms with van der Waals surface area (Å²) in [6.45, 7) is 5.70. The van der Waals surface area contributed by atoms with Crippen LogP contribution in [0.1, 0.15) is 28.4 Å². The standard InChI is InChI=1S/C16H16OS/c1-11-4-7-14(8-5-11)18-16-9-6-12(2)10-15(16)13(3)17/h4-10H,1-3H3. The molecule has 0 atom stereocenters. The zero-order chi connectivity index (χ0) is 13.1. The third-order valence-electron chi connectivity index (χ3n) is 2.76. The second-order valence-electron chi connectivity index (χ2n) is 4.47. The fourth-order valence-corrected chi connectivity index (χ4v) is 2.72. The van der Waals surface area contributed by atoms with Crippen LogP contribution in [0, 0.1) is 13.8 Å². The van der Waals surface area contributed by atoms with Crippen molar-refractivity contribution in [2.75, 3.05) is 0 Å². The zero-order valence-corrected chi connectivity index (χ0v) is 11.7. The van der Waals surface area contributed by atoms with Gasteiger partial charge in [-0.15, -0.1) is 0 Å². The molecule has 0 aliphatic carbocycles. The lowest BCUT2D eigenvalue weighted by Crippen LogP contribution is -1.95. The van der Waals surface area contributed by atoms with Gasteiger partial charge in [0.25, 0.3) is 0 Å². The highest BCUT2D eigenvalue weighted by atomic mass is 32.2. The summed E-state index contributed by atoms with van der Waals surface area (Å²) in [4.78, 5) is 13.8. The maximum atomic E-state index is 11.6. The van der Waals surface area contributed by atoms with Gasteiger partial charge in [0, 0.05) is 15.4 Å². The first-order valence-corrected chi connectivity index (χ1v) is 6.74. The van der Waals surface area contributed by atoms with Gasteiger partial charge in [-0.05, 0) is 45.0 Å². The third-order valence-corrected chi connectivity index (χ3v) is 3.85. The van der Waals surface area contributed by atoms with E-state index < -0.39 is 0 Å². The van der Waals surface area contributed by atoms with Crippen LogP contribution < -0.4 is 0 Å². The average Bonchev–Trinajstić information content (AvgIpc) is 2.34. The normalized spacial score (nSPS) is 10.4. The lowest BCUT2D eigenvalue weighted by atomic mass is 10.1. The van der Waals surface area contributed by atoms with Gasteiger partial charge in [0.2, 0.25) is 0 Å². The molecule has 0 saturated carbocycles. The molecule has 0 radical (unpaired) electrons. The molecule has 0 saturated heterocycles. The number of Topliss-reactive ketones (excluding diaryl/α,β-unsaturated/α-hetero) is 1. The Morgan fingerprint density at radius 2 is 1.56 bits per heavy atom. The van der Waals surface area contributed by atoms with Gasteiger partial charge in [0.1, 0.15) is 0 Å². The van der Waals surface area contributed by atoms with Crippen molar-refractivity contribution in [3.63, 3.8) is 0 Å². The van der Waals surface area contributed by atoms with E-state index in [1.54, 1.807) is 18.7 Å². The maximum Gasteiger partial charge on any atom is 0.160 e. The number of aryl methyl sites for hydroxylation is 2. The molecule has 0 bridgehead atoms. The molecule has 0 spiro atoms. The van der Waals surface area contributed by atoms with Crippen molar-refractivity contribution < 1.29 is 4.79 Å². The Kier molecular flexibility index (Phi) is 3.87. The quantitative estimate of drug-likeness (QED) is 0.743. The molecule has 0 unspecified atom stereocenters. The van der Waals surface area contributed by atoms with Crippen LogP contribution in [0.15, 0.2) is 52.3 Å². The van der Waals surface area contributed by atoms with Crippen LogP contribution in [-0.4, -0.2) is 5.78 Å². The number of ketones is 1. The fraction of sp³-hybridized carbons (Fsp3) is 0.188. The topological polar surface area (TPSA) is 17.1 Å². The van der Waals surface area contributed by atoms with E-state index in [2.05, 4.69) is 31.2 Å². The molecule has 0 heterocycles. The molecule has 0 amide bonds. The van der Waals surface area contributed by atoms with Crippen LogP contribution in [-0.2, 0) is 0 Å². The molecule has 0 fully saturated rings. The predicted octanol–water partition coefficient (Wildman–Crippen LogP) is 4.66. The summed E-state index contributed by atoms with van der Waals surface area (Å²) in [5.41, 5.74) is 3.17. The highest BCUT2D eigenvalue weighted by Crippen LogP contribution is 2.31. The van der Waals surface area contributed by atoms with Gasteiger partial charge in [-0.25, -0.2) is 0 Å². The number of benzene rings is 2. The van der Waals surface area contributed by atoms with E-state index in [0.717, 1.165) is 20.9 Å². The van der Waals surface area contributed by atoms with Crippen molar-refractivity contribution in [3.8, 4) is 0 Å². The Labute approximate surface area is 112 Å². The zero-order valence-electron chi connectivity index (χ0n) is 10.9. The average molecular weight is 256 g/mol. The highest BCUT2D eigenvalue weighted by Gasteiger charge is 2.08. The molecule has 18 heavy (non-hydrogen) atoms. The molecular weight excluding hydrogens is 240 g/mol. The molecule has 2 aromatic rings. The van der Waals surface area contributed by atoms with Gasteiger partial charge in [0.05, 0.1) is 0 Å². The first kappa shape index (κ1) is 12.9. The highest BCUT2D eigenvalue weighted by molar-refractivity contribution is 7.99. The summed E-state index contributed by atoms with van der Waals surface area (Å²) >= 11 is 1.64. The van der Waals surface area contributed by atoms with Gasteiger partial charge in [-0.1, -0.05) is 41.1 Å².